The normalized spacial score (nSPS) is 24.0. The number of nitrogens with zero attached hydrogens (tertiary/aromatic N) is 2. The summed E-state index contributed by atoms with van der Waals surface area (Å²) in [6.45, 7) is 7.36. The maximum Gasteiger partial charge on any atom is 0.339 e. The first-order chi connectivity index (χ1) is 15.2. The zero-order valence-electron chi connectivity index (χ0n) is 18.8. The molecule has 5 rings (SSSR count). The third-order valence-corrected chi connectivity index (χ3v) is 7.80. The molecule has 1 aromatic heterocycles. The van der Waals surface area contributed by atoms with Gasteiger partial charge >= 0.3 is 5.97 Å². The molecule has 0 spiro atoms. The number of hydrogen-bond donors (Lipinski definition) is 0. The molecule has 2 heterocycles. The maximum atomic E-state index is 13.0. The third kappa shape index (κ3) is 3.92. The van der Waals surface area contributed by atoms with E-state index < -0.39 is 5.97 Å². The molecular weight excluding hydrogens is 420 g/mol. The molecule has 1 aliphatic carbocycles. The van der Waals surface area contributed by atoms with Gasteiger partial charge in [0.25, 0.3) is 5.91 Å². The van der Waals surface area contributed by atoms with Crippen molar-refractivity contribution in [3.8, 4) is 10.6 Å². The van der Waals surface area contributed by atoms with E-state index in [4.69, 9.17) is 4.74 Å². The van der Waals surface area contributed by atoms with Crippen molar-refractivity contribution in [1.29, 1.82) is 0 Å². The van der Waals surface area contributed by atoms with Gasteiger partial charge in [0, 0.05) is 18.2 Å². The molecule has 1 aliphatic heterocycles. The first kappa shape index (κ1) is 21.1. The molecule has 2 atom stereocenters. The Hall–Kier alpha value is -2.73. The second-order valence-corrected chi connectivity index (χ2v) is 11.4. The second-order valence-electron chi connectivity index (χ2n) is 10.3. The van der Waals surface area contributed by atoms with E-state index in [1.807, 2.05) is 47.4 Å². The number of likely N-dealkylation sites (tertiary alicyclic amines) is 1. The Morgan fingerprint density at radius 3 is 2.66 bits per heavy atom. The number of para-hydroxylation sites is 1. The van der Waals surface area contributed by atoms with Crippen LogP contribution in [0.25, 0.3) is 20.8 Å². The number of amides is 1. The summed E-state index contributed by atoms with van der Waals surface area (Å²) in [5.74, 6) is -0.579. The summed E-state index contributed by atoms with van der Waals surface area (Å²) in [5.41, 5.74) is 2.47. The van der Waals surface area contributed by atoms with Crippen LogP contribution < -0.4 is 0 Å². The highest BCUT2D eigenvalue weighted by Gasteiger charge is 2.50. The summed E-state index contributed by atoms with van der Waals surface area (Å²) in [6.07, 6.45) is 3.16. The average molecular weight is 449 g/mol. The zero-order chi connectivity index (χ0) is 22.5. The van der Waals surface area contributed by atoms with E-state index in [0.717, 1.165) is 46.6 Å². The van der Waals surface area contributed by atoms with E-state index in [2.05, 4.69) is 25.8 Å². The molecule has 0 N–H and O–H groups in total. The number of carbonyl (C=O) groups excluding carboxylic acids is 2. The highest BCUT2D eigenvalue weighted by molar-refractivity contribution is 7.21. The van der Waals surface area contributed by atoms with Crippen LogP contribution in [0.4, 0.5) is 0 Å². The highest BCUT2D eigenvalue weighted by atomic mass is 32.1. The molecule has 166 valence electrons. The minimum Gasteiger partial charge on any atom is -0.452 e. The van der Waals surface area contributed by atoms with Gasteiger partial charge in [0.05, 0.1) is 15.8 Å². The predicted molar refractivity (Wildman–Crippen MR) is 127 cm³/mol. The Kier molecular flexibility index (Phi) is 5.08. The van der Waals surface area contributed by atoms with Gasteiger partial charge in [0.2, 0.25) is 0 Å². The SMILES string of the molecule is CC1(C)C[C@H]2C[C@](C)(CN2C(=O)COC(=O)c2ccccc2-c2nc3ccccc3s2)C1. The number of fused-ring (bicyclic) bond motifs is 3. The molecule has 32 heavy (non-hydrogen) atoms. The summed E-state index contributed by atoms with van der Waals surface area (Å²) in [4.78, 5) is 32.6. The summed E-state index contributed by atoms with van der Waals surface area (Å²) >= 11 is 1.54. The molecule has 1 amide bonds. The molecule has 1 saturated carbocycles. The summed E-state index contributed by atoms with van der Waals surface area (Å²) < 4.78 is 6.59. The Labute approximate surface area is 192 Å². The molecule has 2 aliphatic rings. The fourth-order valence-corrected chi connectivity index (χ4v) is 6.88. The van der Waals surface area contributed by atoms with Gasteiger partial charge in [-0.25, -0.2) is 9.78 Å². The lowest BCUT2D eigenvalue weighted by Gasteiger charge is -2.39. The Bertz CT molecular complexity index is 1170. The maximum absolute atomic E-state index is 13.0. The van der Waals surface area contributed by atoms with Gasteiger partial charge in [-0.2, -0.15) is 0 Å². The van der Waals surface area contributed by atoms with E-state index in [9.17, 15) is 9.59 Å². The van der Waals surface area contributed by atoms with Gasteiger partial charge in [-0.1, -0.05) is 51.1 Å². The van der Waals surface area contributed by atoms with Crippen LogP contribution in [0.2, 0.25) is 0 Å². The summed E-state index contributed by atoms with van der Waals surface area (Å²) in [7, 11) is 0. The van der Waals surface area contributed by atoms with Gasteiger partial charge in [0.15, 0.2) is 6.61 Å². The van der Waals surface area contributed by atoms with Crippen LogP contribution in [0.1, 0.15) is 50.4 Å². The molecule has 2 aromatic carbocycles. The van der Waals surface area contributed by atoms with Crippen molar-refractivity contribution >= 4 is 33.4 Å². The van der Waals surface area contributed by atoms with Crippen LogP contribution in [0, 0.1) is 10.8 Å². The number of ether oxygens (including phenoxy) is 1. The first-order valence-electron chi connectivity index (χ1n) is 11.1. The van der Waals surface area contributed by atoms with Crippen LogP contribution in [0.3, 0.4) is 0 Å². The van der Waals surface area contributed by atoms with Crippen LogP contribution >= 0.6 is 11.3 Å². The molecule has 0 radical (unpaired) electrons. The fraction of sp³-hybridized carbons (Fsp3) is 0.423. The van der Waals surface area contributed by atoms with Gasteiger partial charge in [-0.05, 0) is 48.3 Å². The Balaban J connectivity index is 1.31. The Morgan fingerprint density at radius 2 is 1.84 bits per heavy atom. The minimum absolute atomic E-state index is 0.0951. The predicted octanol–water partition coefficient (Wildman–Crippen LogP) is 5.55. The molecular formula is C26H28N2O3S. The number of carbonyl (C=O) groups is 2. The fourth-order valence-electron chi connectivity index (χ4n) is 5.87. The topological polar surface area (TPSA) is 59.5 Å². The van der Waals surface area contributed by atoms with E-state index in [0.29, 0.717) is 5.56 Å². The van der Waals surface area contributed by atoms with Gasteiger partial charge in [-0.15, -0.1) is 11.3 Å². The highest BCUT2D eigenvalue weighted by Crippen LogP contribution is 2.52. The third-order valence-electron chi connectivity index (χ3n) is 6.73. The van der Waals surface area contributed by atoms with Gasteiger partial charge in [-0.3, -0.25) is 4.79 Å². The van der Waals surface area contributed by atoms with E-state index in [1.54, 1.807) is 17.4 Å². The van der Waals surface area contributed by atoms with Crippen molar-refractivity contribution in [2.24, 2.45) is 10.8 Å². The molecule has 5 nitrogen and oxygen atoms in total. The first-order valence-corrected chi connectivity index (χ1v) is 12.0. The largest absolute Gasteiger partial charge is 0.452 e. The van der Waals surface area contributed by atoms with Crippen molar-refractivity contribution in [2.45, 2.75) is 46.1 Å². The standard InChI is InChI=1S/C26H28N2O3S/c1-25(2)12-17-13-26(3,15-25)16-28(17)22(29)14-31-24(30)19-9-5-4-8-18(19)23-27-20-10-6-7-11-21(20)32-23/h4-11,17H,12-16H2,1-3H3/t17-,26-/m0/s1. The molecule has 3 aromatic rings. The van der Waals surface area contributed by atoms with Crippen LogP contribution in [-0.2, 0) is 9.53 Å². The number of rotatable bonds is 4. The number of hydrogen-bond acceptors (Lipinski definition) is 5. The van der Waals surface area contributed by atoms with Crippen LogP contribution in [-0.4, -0.2) is 41.0 Å². The van der Waals surface area contributed by atoms with Crippen molar-refractivity contribution in [1.82, 2.24) is 9.88 Å². The molecule has 0 unspecified atom stereocenters. The van der Waals surface area contributed by atoms with Crippen molar-refractivity contribution < 1.29 is 14.3 Å². The monoisotopic (exact) mass is 448 g/mol. The number of thiazole rings is 1. The summed E-state index contributed by atoms with van der Waals surface area (Å²) in [6, 6.07) is 15.5. The van der Waals surface area contributed by atoms with E-state index in [1.165, 1.54) is 0 Å². The van der Waals surface area contributed by atoms with Crippen molar-refractivity contribution in [3.05, 3.63) is 54.1 Å². The number of benzene rings is 2. The van der Waals surface area contributed by atoms with Crippen molar-refractivity contribution in [2.75, 3.05) is 13.2 Å². The molecule has 6 heteroatoms. The average Bonchev–Trinajstić information content (AvgIpc) is 3.29. The van der Waals surface area contributed by atoms with Gasteiger partial charge < -0.3 is 9.64 Å². The van der Waals surface area contributed by atoms with Gasteiger partial charge in [0.1, 0.15) is 5.01 Å². The lowest BCUT2D eigenvalue weighted by molar-refractivity contribution is -0.135. The zero-order valence-corrected chi connectivity index (χ0v) is 19.6. The smallest absolute Gasteiger partial charge is 0.339 e. The lowest BCUT2D eigenvalue weighted by Crippen LogP contribution is -2.39. The minimum atomic E-state index is -0.484. The second kappa shape index (κ2) is 7.69. The van der Waals surface area contributed by atoms with Crippen LogP contribution in [0.5, 0.6) is 0 Å². The number of esters is 1. The molecule has 2 bridgehead atoms. The molecule has 2 fully saturated rings. The van der Waals surface area contributed by atoms with E-state index >= 15 is 0 Å². The number of aromatic nitrogens is 1. The van der Waals surface area contributed by atoms with E-state index in [-0.39, 0.29) is 29.4 Å². The van der Waals surface area contributed by atoms with Crippen molar-refractivity contribution in [3.63, 3.8) is 0 Å². The Morgan fingerprint density at radius 1 is 1.09 bits per heavy atom. The lowest BCUT2D eigenvalue weighted by atomic mass is 9.65. The summed E-state index contributed by atoms with van der Waals surface area (Å²) in [5, 5.41) is 0.772. The van der Waals surface area contributed by atoms with Crippen LogP contribution in [0.15, 0.2) is 48.5 Å². The molecule has 1 saturated heterocycles. The quantitative estimate of drug-likeness (QED) is 0.491.